The fourth-order valence-corrected chi connectivity index (χ4v) is 2.58. The Hall–Kier alpha value is -1.45. The van der Waals surface area contributed by atoms with Crippen LogP contribution in [0.3, 0.4) is 0 Å². The van der Waals surface area contributed by atoms with Crippen molar-refractivity contribution in [2.45, 2.75) is 40.3 Å². The van der Waals surface area contributed by atoms with Gasteiger partial charge in [-0.1, -0.05) is 18.5 Å². The lowest BCUT2D eigenvalue weighted by atomic mass is 10.1. The number of furan rings is 1. The molecule has 0 unspecified atom stereocenters. The number of rotatable bonds is 7. The average Bonchev–Trinajstić information content (AvgIpc) is 2.86. The summed E-state index contributed by atoms with van der Waals surface area (Å²) in [7, 11) is 0. The van der Waals surface area contributed by atoms with Crippen molar-refractivity contribution in [2.75, 3.05) is 6.54 Å². The summed E-state index contributed by atoms with van der Waals surface area (Å²) < 4.78 is 11.6. The van der Waals surface area contributed by atoms with E-state index in [1.165, 1.54) is 0 Å². The molecule has 2 rings (SSSR count). The molecular formula is C17H22ClNO2. The summed E-state index contributed by atoms with van der Waals surface area (Å²) >= 11 is 6.02. The fraction of sp³-hybridized carbons (Fsp3) is 0.412. The monoisotopic (exact) mass is 307 g/mol. The van der Waals surface area contributed by atoms with Crippen molar-refractivity contribution in [1.29, 1.82) is 0 Å². The Balaban J connectivity index is 1.94. The van der Waals surface area contributed by atoms with Crippen molar-refractivity contribution in [3.8, 4) is 5.75 Å². The van der Waals surface area contributed by atoms with Crippen molar-refractivity contribution >= 4 is 11.6 Å². The minimum Gasteiger partial charge on any atom is -0.485 e. The van der Waals surface area contributed by atoms with Gasteiger partial charge in [0.25, 0.3) is 0 Å². The first-order valence-corrected chi connectivity index (χ1v) is 7.65. The van der Waals surface area contributed by atoms with Crippen LogP contribution in [0.15, 0.2) is 28.7 Å². The number of ether oxygens (including phenoxy) is 1. The van der Waals surface area contributed by atoms with E-state index in [9.17, 15) is 0 Å². The van der Waals surface area contributed by atoms with Gasteiger partial charge in [-0.3, -0.25) is 0 Å². The van der Waals surface area contributed by atoms with Gasteiger partial charge < -0.3 is 14.5 Å². The van der Waals surface area contributed by atoms with Crippen molar-refractivity contribution < 1.29 is 9.15 Å². The number of aryl methyl sites for hydroxylation is 2. The van der Waals surface area contributed by atoms with Gasteiger partial charge in [-0.2, -0.15) is 0 Å². The minimum atomic E-state index is 0.428. The van der Waals surface area contributed by atoms with Crippen LogP contribution in [-0.4, -0.2) is 6.54 Å². The molecule has 0 saturated carbocycles. The van der Waals surface area contributed by atoms with E-state index in [2.05, 4.69) is 12.2 Å². The number of hydrogen-bond donors (Lipinski definition) is 1. The minimum absolute atomic E-state index is 0.428. The highest BCUT2D eigenvalue weighted by atomic mass is 35.5. The van der Waals surface area contributed by atoms with Crippen molar-refractivity contribution in [3.05, 3.63) is 51.9 Å². The highest BCUT2D eigenvalue weighted by Gasteiger charge is 2.08. The standard InChI is InChI=1S/C17H22ClNO2/c1-4-7-19-10-15-5-6-16(21-15)11-20-17-12(2)8-14(18)9-13(17)3/h5-6,8-9,19H,4,7,10-11H2,1-3H3. The molecule has 0 saturated heterocycles. The van der Waals surface area contributed by atoms with E-state index in [4.69, 9.17) is 20.8 Å². The maximum atomic E-state index is 6.02. The van der Waals surface area contributed by atoms with Crippen LogP contribution in [-0.2, 0) is 13.2 Å². The van der Waals surface area contributed by atoms with E-state index in [0.29, 0.717) is 6.61 Å². The second kappa shape index (κ2) is 7.53. The number of halogens is 1. The largest absolute Gasteiger partial charge is 0.485 e. The van der Waals surface area contributed by atoms with Gasteiger partial charge in [0.1, 0.15) is 23.9 Å². The Morgan fingerprint density at radius 1 is 1.14 bits per heavy atom. The van der Waals surface area contributed by atoms with Crippen LogP contribution >= 0.6 is 11.6 Å². The molecule has 0 spiro atoms. The molecule has 1 aromatic heterocycles. The molecule has 0 atom stereocenters. The molecule has 0 amide bonds. The number of hydrogen-bond acceptors (Lipinski definition) is 3. The van der Waals surface area contributed by atoms with Gasteiger partial charge in [0.2, 0.25) is 0 Å². The van der Waals surface area contributed by atoms with Gasteiger partial charge in [0.05, 0.1) is 6.54 Å². The average molecular weight is 308 g/mol. The third-order valence-electron chi connectivity index (χ3n) is 3.23. The van der Waals surface area contributed by atoms with E-state index in [1.807, 2.05) is 38.1 Å². The van der Waals surface area contributed by atoms with Gasteiger partial charge in [-0.15, -0.1) is 0 Å². The molecule has 0 aliphatic heterocycles. The van der Waals surface area contributed by atoms with E-state index in [0.717, 1.165) is 52.9 Å². The molecule has 0 aliphatic carbocycles. The van der Waals surface area contributed by atoms with Crippen LogP contribution in [0.5, 0.6) is 5.75 Å². The van der Waals surface area contributed by atoms with Gasteiger partial charge in [0, 0.05) is 5.02 Å². The van der Waals surface area contributed by atoms with Gasteiger partial charge in [0.15, 0.2) is 0 Å². The molecule has 1 heterocycles. The highest BCUT2D eigenvalue weighted by molar-refractivity contribution is 6.30. The third-order valence-corrected chi connectivity index (χ3v) is 3.45. The zero-order chi connectivity index (χ0) is 15.2. The Morgan fingerprint density at radius 3 is 2.48 bits per heavy atom. The fourth-order valence-electron chi connectivity index (χ4n) is 2.25. The highest BCUT2D eigenvalue weighted by Crippen LogP contribution is 2.27. The van der Waals surface area contributed by atoms with Crippen molar-refractivity contribution in [3.63, 3.8) is 0 Å². The summed E-state index contributed by atoms with van der Waals surface area (Å²) in [5, 5.41) is 4.05. The predicted molar refractivity (Wildman–Crippen MR) is 86.0 cm³/mol. The zero-order valence-electron chi connectivity index (χ0n) is 12.8. The summed E-state index contributed by atoms with van der Waals surface area (Å²) in [5.74, 6) is 2.64. The molecule has 4 heteroatoms. The maximum absolute atomic E-state index is 6.02. The predicted octanol–water partition coefficient (Wildman–Crippen LogP) is 4.63. The van der Waals surface area contributed by atoms with Crippen molar-refractivity contribution in [1.82, 2.24) is 5.32 Å². The first kappa shape index (κ1) is 15.9. The smallest absolute Gasteiger partial charge is 0.146 e. The molecule has 0 bridgehead atoms. The molecular weight excluding hydrogens is 286 g/mol. The van der Waals surface area contributed by atoms with Crippen LogP contribution in [0, 0.1) is 13.8 Å². The Bertz CT molecular complexity index is 569. The Kier molecular flexibility index (Phi) is 5.71. The molecule has 0 aliphatic rings. The first-order valence-electron chi connectivity index (χ1n) is 7.28. The molecule has 0 radical (unpaired) electrons. The Morgan fingerprint density at radius 2 is 1.81 bits per heavy atom. The van der Waals surface area contributed by atoms with Crippen LogP contribution < -0.4 is 10.1 Å². The number of benzene rings is 1. The lowest BCUT2D eigenvalue weighted by Gasteiger charge is -2.11. The summed E-state index contributed by atoms with van der Waals surface area (Å²) in [4.78, 5) is 0. The van der Waals surface area contributed by atoms with Crippen molar-refractivity contribution in [2.24, 2.45) is 0 Å². The maximum Gasteiger partial charge on any atom is 0.146 e. The summed E-state index contributed by atoms with van der Waals surface area (Å²) in [5.41, 5.74) is 2.08. The van der Waals surface area contributed by atoms with Crippen LogP contribution in [0.25, 0.3) is 0 Å². The van der Waals surface area contributed by atoms with E-state index in [1.54, 1.807) is 0 Å². The zero-order valence-corrected chi connectivity index (χ0v) is 13.6. The molecule has 114 valence electrons. The molecule has 2 aromatic rings. The SMILES string of the molecule is CCCNCc1ccc(COc2c(C)cc(Cl)cc2C)o1. The summed E-state index contributed by atoms with van der Waals surface area (Å²) in [6, 6.07) is 7.77. The van der Waals surface area contributed by atoms with E-state index >= 15 is 0 Å². The van der Waals surface area contributed by atoms with Crippen LogP contribution in [0.4, 0.5) is 0 Å². The van der Waals surface area contributed by atoms with Gasteiger partial charge in [-0.05, 0) is 62.2 Å². The molecule has 0 fully saturated rings. The molecule has 1 N–H and O–H groups in total. The molecule has 21 heavy (non-hydrogen) atoms. The second-order valence-electron chi connectivity index (χ2n) is 5.20. The van der Waals surface area contributed by atoms with E-state index < -0.39 is 0 Å². The second-order valence-corrected chi connectivity index (χ2v) is 5.64. The lowest BCUT2D eigenvalue weighted by molar-refractivity contribution is 0.262. The first-order chi connectivity index (χ1) is 10.1. The number of nitrogens with one attached hydrogen (secondary N) is 1. The quantitative estimate of drug-likeness (QED) is 0.757. The molecule has 1 aromatic carbocycles. The van der Waals surface area contributed by atoms with Gasteiger partial charge >= 0.3 is 0 Å². The van der Waals surface area contributed by atoms with E-state index in [-0.39, 0.29) is 0 Å². The van der Waals surface area contributed by atoms with Crippen LogP contribution in [0.1, 0.15) is 36.0 Å². The van der Waals surface area contributed by atoms with Crippen LogP contribution in [0.2, 0.25) is 5.02 Å². The molecule has 3 nitrogen and oxygen atoms in total. The van der Waals surface area contributed by atoms with Gasteiger partial charge in [-0.25, -0.2) is 0 Å². The summed E-state index contributed by atoms with van der Waals surface area (Å²) in [6.07, 6.45) is 1.12. The Labute approximate surface area is 131 Å². The normalized spacial score (nSPS) is 10.9. The third kappa shape index (κ3) is 4.51. The lowest BCUT2D eigenvalue weighted by Crippen LogP contribution is -2.13. The summed E-state index contributed by atoms with van der Waals surface area (Å²) in [6.45, 7) is 8.32. The topological polar surface area (TPSA) is 34.4 Å².